The molecule has 1 aromatic carbocycles. The zero-order valence-corrected chi connectivity index (χ0v) is 16.4. The van der Waals surface area contributed by atoms with Crippen LogP contribution in [0.15, 0.2) is 42.7 Å². The molecule has 7 heteroatoms. The second-order valence-electron chi connectivity index (χ2n) is 7.98. The minimum absolute atomic E-state index is 0.0228. The summed E-state index contributed by atoms with van der Waals surface area (Å²) in [4.78, 5) is 28.2. The van der Waals surface area contributed by atoms with Gasteiger partial charge in [-0.05, 0) is 25.0 Å². The lowest BCUT2D eigenvalue weighted by Crippen LogP contribution is -2.58. The largest absolute Gasteiger partial charge is 0.348 e. The minimum atomic E-state index is -0.522. The Labute approximate surface area is 165 Å². The molecule has 2 saturated heterocycles. The fourth-order valence-corrected chi connectivity index (χ4v) is 4.78. The van der Waals surface area contributed by atoms with E-state index in [2.05, 4.69) is 19.8 Å². The quantitative estimate of drug-likeness (QED) is 0.810. The summed E-state index contributed by atoms with van der Waals surface area (Å²) in [5, 5.41) is 0. The monoisotopic (exact) mass is 383 g/mol. The highest BCUT2D eigenvalue weighted by atomic mass is 19.1. The third-order valence-corrected chi connectivity index (χ3v) is 5.97. The first-order valence-electron chi connectivity index (χ1n) is 9.72. The predicted octanol–water partition coefficient (Wildman–Crippen LogP) is 2.17. The van der Waals surface area contributed by atoms with E-state index >= 15 is 0 Å². The number of nitrogens with zero attached hydrogens (tertiary/aromatic N) is 5. The Hall–Kier alpha value is -2.54. The molecule has 0 unspecified atom stereocenters. The summed E-state index contributed by atoms with van der Waals surface area (Å²) in [5.41, 5.74) is 0.141. The molecule has 2 fully saturated rings. The number of piperidine rings is 1. The summed E-state index contributed by atoms with van der Waals surface area (Å²) in [6.07, 6.45) is 5.20. The molecule has 2 aliphatic heterocycles. The zero-order chi connectivity index (χ0) is 19.7. The predicted molar refractivity (Wildman–Crippen MR) is 105 cm³/mol. The molecule has 0 bridgehead atoms. The molecule has 6 nitrogen and oxygen atoms in total. The molecule has 3 heterocycles. The number of aromatic nitrogens is 2. The average molecular weight is 383 g/mol. The number of carbonyl (C=O) groups excluding carboxylic acids is 1. The van der Waals surface area contributed by atoms with Crippen LogP contribution in [0.4, 0.5) is 10.3 Å². The van der Waals surface area contributed by atoms with E-state index in [1.54, 1.807) is 29.4 Å². The van der Waals surface area contributed by atoms with Crippen LogP contribution in [-0.2, 0) is 11.3 Å². The molecule has 28 heavy (non-hydrogen) atoms. The summed E-state index contributed by atoms with van der Waals surface area (Å²) in [6, 6.07) is 8.63. The number of fused-ring (bicyclic) bond motifs is 1. The number of likely N-dealkylation sites (tertiary alicyclic amines) is 1. The molecule has 0 N–H and O–H groups in total. The smallest absolute Gasteiger partial charge is 0.231 e. The van der Waals surface area contributed by atoms with Crippen molar-refractivity contribution in [2.24, 2.45) is 5.41 Å². The second kappa shape index (κ2) is 7.47. The molecule has 1 aromatic heterocycles. The minimum Gasteiger partial charge on any atom is -0.348 e. The molecule has 0 saturated carbocycles. The molecule has 2 atom stereocenters. The third kappa shape index (κ3) is 3.24. The van der Waals surface area contributed by atoms with E-state index in [1.807, 2.05) is 26.2 Å². The molecule has 2 aromatic rings. The third-order valence-electron chi connectivity index (χ3n) is 5.97. The van der Waals surface area contributed by atoms with Gasteiger partial charge in [-0.3, -0.25) is 9.69 Å². The first-order valence-corrected chi connectivity index (χ1v) is 9.72. The fourth-order valence-electron chi connectivity index (χ4n) is 4.78. The van der Waals surface area contributed by atoms with Crippen molar-refractivity contribution in [2.45, 2.75) is 25.4 Å². The SMILES string of the molecule is CN(C)C(=O)[C@@]12CCCN(c3ncccn3)[C@@H]1CN(Cc1ccccc1F)C2. The lowest BCUT2D eigenvalue weighted by Gasteiger charge is -2.45. The van der Waals surface area contributed by atoms with E-state index in [9.17, 15) is 9.18 Å². The van der Waals surface area contributed by atoms with Gasteiger partial charge in [-0.25, -0.2) is 14.4 Å². The Morgan fingerprint density at radius 3 is 2.71 bits per heavy atom. The van der Waals surface area contributed by atoms with Crippen molar-refractivity contribution in [3.8, 4) is 0 Å². The van der Waals surface area contributed by atoms with Gasteiger partial charge in [0.05, 0.1) is 11.5 Å². The van der Waals surface area contributed by atoms with Crippen LogP contribution in [0.2, 0.25) is 0 Å². The first-order chi connectivity index (χ1) is 13.5. The van der Waals surface area contributed by atoms with Crippen molar-refractivity contribution in [3.63, 3.8) is 0 Å². The number of halogens is 1. The Kier molecular flexibility index (Phi) is 5.02. The van der Waals surface area contributed by atoms with Gasteiger partial charge in [0, 0.05) is 58.2 Å². The van der Waals surface area contributed by atoms with Crippen LogP contribution in [0.25, 0.3) is 0 Å². The van der Waals surface area contributed by atoms with E-state index in [4.69, 9.17) is 0 Å². The maximum absolute atomic E-state index is 14.2. The molecule has 1 amide bonds. The molecule has 0 aliphatic carbocycles. The maximum Gasteiger partial charge on any atom is 0.231 e. The lowest BCUT2D eigenvalue weighted by atomic mass is 9.74. The van der Waals surface area contributed by atoms with Gasteiger partial charge in [-0.2, -0.15) is 0 Å². The average Bonchev–Trinajstić information content (AvgIpc) is 3.09. The van der Waals surface area contributed by atoms with Gasteiger partial charge in [0.25, 0.3) is 0 Å². The van der Waals surface area contributed by atoms with Crippen molar-refractivity contribution in [1.29, 1.82) is 0 Å². The van der Waals surface area contributed by atoms with Gasteiger partial charge >= 0.3 is 0 Å². The number of hydrogen-bond donors (Lipinski definition) is 0. The molecule has 0 spiro atoms. The number of amides is 1. The fraction of sp³-hybridized carbons (Fsp3) is 0.476. The molecule has 4 rings (SSSR count). The van der Waals surface area contributed by atoms with Gasteiger partial charge < -0.3 is 9.80 Å². The topological polar surface area (TPSA) is 52.6 Å². The van der Waals surface area contributed by atoms with Gasteiger partial charge in [0.1, 0.15) is 5.82 Å². The van der Waals surface area contributed by atoms with Crippen molar-refractivity contribution in [1.82, 2.24) is 19.8 Å². The summed E-state index contributed by atoms with van der Waals surface area (Å²) in [6.45, 7) is 2.62. The Bertz CT molecular complexity index is 846. The van der Waals surface area contributed by atoms with Crippen LogP contribution >= 0.6 is 0 Å². The Morgan fingerprint density at radius 2 is 2.00 bits per heavy atom. The normalized spacial score (nSPS) is 24.8. The molecular weight excluding hydrogens is 357 g/mol. The molecular formula is C21H26FN5O. The number of carbonyl (C=O) groups is 1. The highest BCUT2D eigenvalue weighted by Gasteiger charge is 2.56. The van der Waals surface area contributed by atoms with E-state index in [-0.39, 0.29) is 17.8 Å². The standard InChI is InChI=1S/C21H26FN5O/c1-25(2)19(28)21-9-5-12-27(20-23-10-6-11-24-20)18(21)14-26(15-21)13-16-7-3-4-8-17(16)22/h3-4,6-8,10-11,18H,5,9,12-15H2,1-2H3/t18-,21-/m1/s1. The van der Waals surface area contributed by atoms with Crippen LogP contribution < -0.4 is 4.90 Å². The number of hydrogen-bond acceptors (Lipinski definition) is 5. The van der Waals surface area contributed by atoms with Gasteiger partial charge in [-0.15, -0.1) is 0 Å². The van der Waals surface area contributed by atoms with Crippen LogP contribution in [-0.4, -0.2) is 65.4 Å². The van der Waals surface area contributed by atoms with Crippen LogP contribution in [0.3, 0.4) is 0 Å². The van der Waals surface area contributed by atoms with Crippen molar-refractivity contribution < 1.29 is 9.18 Å². The van der Waals surface area contributed by atoms with Crippen LogP contribution in [0.1, 0.15) is 18.4 Å². The van der Waals surface area contributed by atoms with Crippen LogP contribution in [0, 0.1) is 11.2 Å². The highest BCUT2D eigenvalue weighted by molar-refractivity contribution is 5.85. The van der Waals surface area contributed by atoms with E-state index < -0.39 is 5.41 Å². The molecule has 148 valence electrons. The van der Waals surface area contributed by atoms with Crippen molar-refractivity contribution in [2.75, 3.05) is 38.6 Å². The van der Waals surface area contributed by atoms with Gasteiger partial charge in [-0.1, -0.05) is 18.2 Å². The Morgan fingerprint density at radius 1 is 1.25 bits per heavy atom. The van der Waals surface area contributed by atoms with E-state index in [0.29, 0.717) is 31.1 Å². The van der Waals surface area contributed by atoms with E-state index in [0.717, 1.165) is 19.4 Å². The van der Waals surface area contributed by atoms with Gasteiger partial charge in [0.15, 0.2) is 0 Å². The Balaban J connectivity index is 1.67. The van der Waals surface area contributed by atoms with Gasteiger partial charge in [0.2, 0.25) is 11.9 Å². The molecule has 0 radical (unpaired) electrons. The van der Waals surface area contributed by atoms with Crippen LogP contribution in [0.5, 0.6) is 0 Å². The number of rotatable bonds is 4. The molecule has 2 aliphatic rings. The summed E-state index contributed by atoms with van der Waals surface area (Å²) in [7, 11) is 3.62. The zero-order valence-electron chi connectivity index (χ0n) is 16.4. The van der Waals surface area contributed by atoms with Crippen molar-refractivity contribution >= 4 is 11.9 Å². The second-order valence-corrected chi connectivity index (χ2v) is 7.98. The highest BCUT2D eigenvalue weighted by Crippen LogP contribution is 2.44. The summed E-state index contributed by atoms with van der Waals surface area (Å²) >= 11 is 0. The summed E-state index contributed by atoms with van der Waals surface area (Å²) < 4.78 is 14.2. The summed E-state index contributed by atoms with van der Waals surface area (Å²) in [5.74, 6) is 0.596. The first kappa shape index (κ1) is 18.8. The maximum atomic E-state index is 14.2. The van der Waals surface area contributed by atoms with E-state index in [1.165, 1.54) is 6.07 Å². The number of benzene rings is 1. The number of anilines is 1. The lowest BCUT2D eigenvalue weighted by molar-refractivity contribution is -0.140. The van der Waals surface area contributed by atoms with Crippen molar-refractivity contribution in [3.05, 3.63) is 54.1 Å².